The normalized spacial score (nSPS) is 10.8. The van der Waals surface area contributed by atoms with Crippen LogP contribution in [0.4, 0.5) is 0 Å². The molecule has 1 aromatic carbocycles. The smallest absolute Gasteiger partial charge is 0.337 e. The summed E-state index contributed by atoms with van der Waals surface area (Å²) >= 11 is 0. The van der Waals surface area contributed by atoms with Gasteiger partial charge in [0.15, 0.2) is 0 Å². The summed E-state index contributed by atoms with van der Waals surface area (Å²) in [5.74, 6) is -0.0872. The van der Waals surface area contributed by atoms with Crippen molar-refractivity contribution in [3.63, 3.8) is 0 Å². The van der Waals surface area contributed by atoms with Crippen LogP contribution in [0.5, 0.6) is 0 Å². The molecule has 0 atom stereocenters. The Bertz CT molecular complexity index is 790. The van der Waals surface area contributed by atoms with Crippen molar-refractivity contribution in [2.45, 2.75) is 13.3 Å². The molecule has 2 heterocycles. The zero-order valence-corrected chi connectivity index (χ0v) is 11.1. The molecule has 0 amide bonds. The van der Waals surface area contributed by atoms with Gasteiger partial charge in [0.1, 0.15) is 5.82 Å². The number of carboxylic acids is 1. The maximum absolute atomic E-state index is 11.0. The summed E-state index contributed by atoms with van der Waals surface area (Å²) in [4.78, 5) is 15.4. The third-order valence-electron chi connectivity index (χ3n) is 3.30. The third kappa shape index (κ3) is 2.28. The molecule has 3 rings (SSSR count). The minimum atomic E-state index is -0.929. The number of rotatable bonds is 3. The second kappa shape index (κ2) is 4.81. The molecule has 1 N–H and O–H groups in total. The Labute approximate surface area is 116 Å². The Morgan fingerprint density at radius 2 is 2.15 bits per heavy atom. The van der Waals surface area contributed by atoms with Gasteiger partial charge in [-0.05, 0) is 24.6 Å². The van der Waals surface area contributed by atoms with Crippen molar-refractivity contribution in [1.82, 2.24) is 9.38 Å². The maximum atomic E-state index is 11.0. The summed E-state index contributed by atoms with van der Waals surface area (Å²) in [6, 6.07) is 11.6. The predicted molar refractivity (Wildman–Crippen MR) is 76.1 cm³/mol. The van der Waals surface area contributed by atoms with Crippen molar-refractivity contribution in [2.24, 2.45) is 0 Å². The molecular weight excluding hydrogens is 252 g/mol. The number of aryl methyl sites for hydroxylation is 1. The quantitative estimate of drug-likeness (QED) is 0.793. The van der Waals surface area contributed by atoms with Crippen LogP contribution in [0.25, 0.3) is 5.52 Å². The number of benzene rings is 1. The number of fused-ring (bicyclic) bond motifs is 1. The molecule has 0 spiro atoms. The van der Waals surface area contributed by atoms with Crippen molar-refractivity contribution >= 4 is 11.5 Å². The number of aromatic carboxylic acids is 1. The Balaban J connectivity index is 2.03. The van der Waals surface area contributed by atoms with Crippen molar-refractivity contribution in [3.05, 3.63) is 71.3 Å². The van der Waals surface area contributed by atoms with E-state index in [1.54, 1.807) is 24.5 Å². The minimum Gasteiger partial charge on any atom is -0.478 e. The molecule has 0 saturated heterocycles. The van der Waals surface area contributed by atoms with Crippen LogP contribution in [0.15, 0.2) is 48.8 Å². The lowest BCUT2D eigenvalue weighted by atomic mass is 10.1. The number of pyridine rings is 1. The molecule has 2 aromatic heterocycles. The Hall–Kier alpha value is -2.62. The van der Waals surface area contributed by atoms with E-state index in [1.165, 1.54) is 11.1 Å². The molecule has 0 fully saturated rings. The fourth-order valence-corrected chi connectivity index (χ4v) is 2.31. The summed E-state index contributed by atoms with van der Waals surface area (Å²) in [5, 5.41) is 9.07. The highest BCUT2D eigenvalue weighted by molar-refractivity contribution is 5.87. The van der Waals surface area contributed by atoms with Crippen molar-refractivity contribution in [1.29, 1.82) is 0 Å². The second-order valence-corrected chi connectivity index (χ2v) is 4.86. The molecule has 0 aliphatic heterocycles. The van der Waals surface area contributed by atoms with Gasteiger partial charge < -0.3 is 9.51 Å². The Kier molecular flexibility index (Phi) is 2.99. The highest BCUT2D eigenvalue weighted by atomic mass is 16.4. The van der Waals surface area contributed by atoms with Crippen LogP contribution in [-0.2, 0) is 6.42 Å². The predicted octanol–water partition coefficient (Wildman–Crippen LogP) is 2.93. The molecule has 0 bridgehead atoms. The van der Waals surface area contributed by atoms with E-state index in [2.05, 4.69) is 30.1 Å². The van der Waals surface area contributed by atoms with Crippen molar-refractivity contribution in [2.75, 3.05) is 0 Å². The largest absolute Gasteiger partial charge is 0.478 e. The van der Waals surface area contributed by atoms with Crippen LogP contribution >= 0.6 is 0 Å². The topological polar surface area (TPSA) is 54.6 Å². The van der Waals surface area contributed by atoms with Crippen molar-refractivity contribution < 1.29 is 9.90 Å². The van der Waals surface area contributed by atoms with Crippen LogP contribution in [0.1, 0.15) is 27.3 Å². The summed E-state index contributed by atoms with van der Waals surface area (Å²) < 4.78 is 1.84. The van der Waals surface area contributed by atoms with E-state index in [9.17, 15) is 4.79 Å². The molecule has 3 aromatic rings. The van der Waals surface area contributed by atoms with E-state index < -0.39 is 5.97 Å². The molecular formula is C16H14N2O2. The van der Waals surface area contributed by atoms with Gasteiger partial charge in [-0.3, -0.25) is 0 Å². The van der Waals surface area contributed by atoms with Crippen LogP contribution < -0.4 is 0 Å². The van der Waals surface area contributed by atoms with Crippen LogP contribution in [0.2, 0.25) is 0 Å². The monoisotopic (exact) mass is 266 g/mol. The third-order valence-corrected chi connectivity index (χ3v) is 3.30. The molecule has 0 aliphatic carbocycles. The second-order valence-electron chi connectivity index (χ2n) is 4.86. The molecule has 0 aliphatic rings. The van der Waals surface area contributed by atoms with Gasteiger partial charge in [0.2, 0.25) is 0 Å². The van der Waals surface area contributed by atoms with E-state index >= 15 is 0 Å². The highest BCUT2D eigenvalue weighted by Gasteiger charge is 2.08. The van der Waals surface area contributed by atoms with Gasteiger partial charge in [0.25, 0.3) is 0 Å². The lowest BCUT2D eigenvalue weighted by Gasteiger charge is -2.04. The van der Waals surface area contributed by atoms with Gasteiger partial charge in [0, 0.05) is 12.6 Å². The highest BCUT2D eigenvalue weighted by Crippen LogP contribution is 2.14. The molecule has 0 saturated carbocycles. The number of imidazole rings is 1. The van der Waals surface area contributed by atoms with E-state index in [0.29, 0.717) is 6.42 Å². The van der Waals surface area contributed by atoms with E-state index in [1.807, 2.05) is 10.5 Å². The fraction of sp³-hybridized carbons (Fsp3) is 0.125. The molecule has 100 valence electrons. The minimum absolute atomic E-state index is 0.265. The number of hydrogen-bond acceptors (Lipinski definition) is 2. The first-order chi connectivity index (χ1) is 9.63. The van der Waals surface area contributed by atoms with Crippen LogP contribution in [0, 0.1) is 6.92 Å². The standard InChI is InChI=1S/C16H14N2O2/c1-11-3-2-4-12(7-11)8-15-17-9-14-6-5-13(16(19)20)10-18(14)15/h2-7,9-10H,8H2,1H3,(H,19,20). The Morgan fingerprint density at radius 3 is 2.90 bits per heavy atom. The lowest BCUT2D eigenvalue weighted by Crippen LogP contribution is -2.01. The van der Waals surface area contributed by atoms with Gasteiger partial charge in [-0.15, -0.1) is 0 Å². The summed E-state index contributed by atoms with van der Waals surface area (Å²) in [5.41, 5.74) is 3.53. The average molecular weight is 266 g/mol. The first-order valence-electron chi connectivity index (χ1n) is 6.38. The van der Waals surface area contributed by atoms with Crippen molar-refractivity contribution in [3.8, 4) is 0 Å². The average Bonchev–Trinajstić information content (AvgIpc) is 2.81. The van der Waals surface area contributed by atoms with Gasteiger partial charge in [0.05, 0.1) is 17.3 Å². The van der Waals surface area contributed by atoms with E-state index in [-0.39, 0.29) is 5.56 Å². The summed E-state index contributed by atoms with van der Waals surface area (Å²) in [6.45, 7) is 2.05. The van der Waals surface area contributed by atoms with Gasteiger partial charge >= 0.3 is 5.97 Å². The first kappa shape index (κ1) is 12.4. The number of carboxylic acid groups (broad SMARTS) is 1. The van der Waals surface area contributed by atoms with Gasteiger partial charge in [-0.1, -0.05) is 29.8 Å². The number of aromatic nitrogens is 2. The number of nitrogens with zero attached hydrogens (tertiary/aromatic N) is 2. The van der Waals surface area contributed by atoms with Crippen LogP contribution in [-0.4, -0.2) is 20.5 Å². The van der Waals surface area contributed by atoms with E-state index in [4.69, 9.17) is 5.11 Å². The maximum Gasteiger partial charge on any atom is 0.337 e. The Morgan fingerprint density at radius 1 is 1.30 bits per heavy atom. The lowest BCUT2D eigenvalue weighted by molar-refractivity contribution is 0.0696. The van der Waals surface area contributed by atoms with Gasteiger partial charge in [-0.25, -0.2) is 9.78 Å². The number of carbonyl (C=O) groups is 1. The molecule has 20 heavy (non-hydrogen) atoms. The zero-order valence-electron chi connectivity index (χ0n) is 11.1. The van der Waals surface area contributed by atoms with Gasteiger partial charge in [-0.2, -0.15) is 0 Å². The molecule has 4 heteroatoms. The summed E-state index contributed by atoms with van der Waals surface area (Å²) in [7, 11) is 0. The SMILES string of the molecule is Cc1cccc(Cc2ncc3ccc(C(=O)O)cn23)c1. The molecule has 0 unspecified atom stereocenters. The van der Waals surface area contributed by atoms with Crippen LogP contribution in [0.3, 0.4) is 0 Å². The molecule has 4 nitrogen and oxygen atoms in total. The summed E-state index contributed by atoms with van der Waals surface area (Å²) in [6.07, 6.45) is 4.06. The molecule has 0 radical (unpaired) electrons. The fourth-order valence-electron chi connectivity index (χ4n) is 2.31. The van der Waals surface area contributed by atoms with E-state index in [0.717, 1.165) is 11.3 Å². The zero-order chi connectivity index (χ0) is 14.1. The number of hydrogen-bond donors (Lipinski definition) is 1. The first-order valence-corrected chi connectivity index (χ1v) is 6.38.